The number of Topliss-reactive ketones (excluding diaryl/α,β-unsaturated/α-hetero) is 1. The van der Waals surface area contributed by atoms with Crippen LogP contribution >= 0.6 is 0 Å². The van der Waals surface area contributed by atoms with Gasteiger partial charge in [0.25, 0.3) is 11.7 Å². The van der Waals surface area contributed by atoms with Gasteiger partial charge in [-0.3, -0.25) is 14.5 Å². The second kappa shape index (κ2) is 8.39. The summed E-state index contributed by atoms with van der Waals surface area (Å²) >= 11 is 0. The van der Waals surface area contributed by atoms with Gasteiger partial charge in [-0.25, -0.2) is 4.79 Å². The van der Waals surface area contributed by atoms with Gasteiger partial charge in [0.15, 0.2) is 0 Å². The zero-order chi connectivity index (χ0) is 22.8. The van der Waals surface area contributed by atoms with E-state index in [0.717, 1.165) is 0 Å². The number of carbonyl (C=O) groups excluding carboxylic acids is 2. The van der Waals surface area contributed by atoms with E-state index in [0.29, 0.717) is 16.9 Å². The van der Waals surface area contributed by atoms with E-state index >= 15 is 0 Å². The van der Waals surface area contributed by atoms with E-state index in [1.807, 2.05) is 0 Å². The number of aromatic carboxylic acids is 1. The minimum absolute atomic E-state index is 0.0219. The van der Waals surface area contributed by atoms with Gasteiger partial charge in [0, 0.05) is 11.3 Å². The Labute approximate surface area is 183 Å². The molecule has 1 saturated heterocycles. The first-order chi connectivity index (χ1) is 15.4. The maximum absolute atomic E-state index is 13.1. The number of hydrogen-bond acceptors (Lipinski definition) is 5. The van der Waals surface area contributed by atoms with Crippen molar-refractivity contribution in [3.8, 4) is 5.75 Å². The number of aliphatic hydroxyl groups is 1. The summed E-state index contributed by atoms with van der Waals surface area (Å²) in [5.74, 6) is -2.61. The number of ether oxygens (including phenoxy) is 1. The van der Waals surface area contributed by atoms with E-state index in [9.17, 15) is 24.6 Å². The Morgan fingerprint density at radius 3 is 2.19 bits per heavy atom. The van der Waals surface area contributed by atoms with E-state index in [-0.39, 0.29) is 22.6 Å². The molecular weight excluding hydrogens is 410 g/mol. The van der Waals surface area contributed by atoms with Crippen molar-refractivity contribution in [1.82, 2.24) is 0 Å². The van der Waals surface area contributed by atoms with Crippen LogP contribution < -0.4 is 9.64 Å². The quantitative estimate of drug-likeness (QED) is 0.361. The lowest BCUT2D eigenvalue weighted by atomic mass is 9.95. The van der Waals surface area contributed by atoms with E-state index in [1.54, 1.807) is 60.7 Å². The average Bonchev–Trinajstić information content (AvgIpc) is 3.09. The van der Waals surface area contributed by atoms with Crippen molar-refractivity contribution in [3.05, 3.63) is 101 Å². The Morgan fingerprint density at radius 2 is 1.56 bits per heavy atom. The average molecular weight is 429 g/mol. The van der Waals surface area contributed by atoms with Crippen molar-refractivity contribution in [2.24, 2.45) is 0 Å². The molecule has 3 aromatic carbocycles. The van der Waals surface area contributed by atoms with Crippen LogP contribution in [-0.4, -0.2) is 35.0 Å². The normalized spacial score (nSPS) is 17.4. The fraction of sp³-hybridized carbons (Fsp3) is 0.0800. The molecule has 1 aliphatic heterocycles. The summed E-state index contributed by atoms with van der Waals surface area (Å²) in [5.41, 5.74) is 1.10. The van der Waals surface area contributed by atoms with Crippen LogP contribution in [0.4, 0.5) is 5.69 Å². The van der Waals surface area contributed by atoms with E-state index in [1.165, 1.54) is 30.2 Å². The van der Waals surface area contributed by atoms with Crippen molar-refractivity contribution in [3.63, 3.8) is 0 Å². The zero-order valence-corrected chi connectivity index (χ0v) is 17.1. The maximum Gasteiger partial charge on any atom is 0.335 e. The fourth-order valence-electron chi connectivity index (χ4n) is 3.74. The molecule has 1 fully saturated rings. The standard InChI is InChI=1S/C25H19NO6/c1-32-19-12-10-16(11-13-19)22(27)20-21(15-6-3-2-4-7-15)26(24(29)23(20)28)18-9-5-8-17(14-18)25(30)31/h2-14,21,27H,1H3,(H,30,31). The number of benzene rings is 3. The molecule has 0 spiro atoms. The molecule has 0 saturated carbocycles. The molecule has 7 nitrogen and oxygen atoms in total. The summed E-state index contributed by atoms with van der Waals surface area (Å²) in [6, 6.07) is 20.1. The van der Waals surface area contributed by atoms with E-state index in [2.05, 4.69) is 0 Å². The highest BCUT2D eigenvalue weighted by atomic mass is 16.5. The van der Waals surface area contributed by atoms with Crippen LogP contribution in [0.15, 0.2) is 84.4 Å². The molecule has 1 aliphatic rings. The number of carboxylic acid groups (broad SMARTS) is 1. The van der Waals surface area contributed by atoms with Crippen molar-refractivity contribution in [2.45, 2.75) is 6.04 Å². The number of anilines is 1. The van der Waals surface area contributed by atoms with Gasteiger partial charge in [0.05, 0.1) is 24.3 Å². The fourth-order valence-corrected chi connectivity index (χ4v) is 3.74. The number of carboxylic acids is 1. The maximum atomic E-state index is 13.1. The van der Waals surface area contributed by atoms with E-state index in [4.69, 9.17) is 4.74 Å². The number of aliphatic hydroxyl groups excluding tert-OH is 1. The molecule has 0 radical (unpaired) electrons. The molecule has 1 unspecified atom stereocenters. The van der Waals surface area contributed by atoms with Crippen LogP contribution in [0.1, 0.15) is 27.5 Å². The minimum Gasteiger partial charge on any atom is -0.507 e. The Bertz CT molecular complexity index is 1230. The molecular formula is C25H19NO6. The molecule has 7 heteroatoms. The van der Waals surface area contributed by atoms with Crippen LogP contribution in [0.5, 0.6) is 5.75 Å². The Morgan fingerprint density at radius 1 is 0.875 bits per heavy atom. The highest BCUT2D eigenvalue weighted by molar-refractivity contribution is 6.51. The van der Waals surface area contributed by atoms with Crippen molar-refractivity contribution >= 4 is 29.1 Å². The molecule has 1 amide bonds. The lowest BCUT2D eigenvalue weighted by Crippen LogP contribution is -2.29. The summed E-state index contributed by atoms with van der Waals surface area (Å²) in [6.07, 6.45) is 0. The Kier molecular flexibility index (Phi) is 5.47. The first-order valence-corrected chi connectivity index (χ1v) is 9.76. The van der Waals surface area contributed by atoms with Gasteiger partial charge >= 0.3 is 5.97 Å². The third-order valence-corrected chi connectivity index (χ3v) is 5.29. The SMILES string of the molecule is COc1ccc(C(O)=C2C(=O)C(=O)N(c3cccc(C(=O)O)c3)C2c2ccccc2)cc1. The van der Waals surface area contributed by atoms with Crippen LogP contribution in [0, 0.1) is 0 Å². The topological polar surface area (TPSA) is 104 Å². The molecule has 1 heterocycles. The largest absolute Gasteiger partial charge is 0.507 e. The van der Waals surface area contributed by atoms with Crippen LogP contribution in [0.2, 0.25) is 0 Å². The Balaban J connectivity index is 1.92. The number of carbonyl (C=O) groups is 3. The minimum atomic E-state index is -1.15. The molecule has 0 aromatic heterocycles. The highest BCUT2D eigenvalue weighted by Gasteiger charge is 2.47. The molecule has 2 N–H and O–H groups in total. The van der Waals surface area contributed by atoms with Crippen molar-refractivity contribution in [1.29, 1.82) is 0 Å². The monoisotopic (exact) mass is 429 g/mol. The first kappa shape index (κ1) is 20.9. The summed E-state index contributed by atoms with van der Waals surface area (Å²) in [5, 5.41) is 20.4. The summed E-state index contributed by atoms with van der Waals surface area (Å²) < 4.78 is 5.13. The highest BCUT2D eigenvalue weighted by Crippen LogP contribution is 2.42. The van der Waals surface area contributed by atoms with Gasteiger partial charge in [-0.15, -0.1) is 0 Å². The summed E-state index contributed by atoms with van der Waals surface area (Å²) in [6.45, 7) is 0. The predicted octanol–water partition coefficient (Wildman–Crippen LogP) is 4.02. The van der Waals surface area contributed by atoms with Gasteiger partial charge in [-0.05, 0) is 48.0 Å². The molecule has 3 aromatic rings. The third kappa shape index (κ3) is 3.60. The lowest BCUT2D eigenvalue weighted by molar-refractivity contribution is -0.132. The van der Waals surface area contributed by atoms with Crippen molar-refractivity contribution in [2.75, 3.05) is 12.0 Å². The molecule has 0 aliphatic carbocycles. The van der Waals surface area contributed by atoms with Crippen LogP contribution in [0.3, 0.4) is 0 Å². The number of ketones is 1. The smallest absolute Gasteiger partial charge is 0.335 e. The Hall–Kier alpha value is -4.39. The molecule has 160 valence electrons. The molecule has 1 atom stereocenters. The van der Waals surface area contributed by atoms with Crippen LogP contribution in [0.25, 0.3) is 5.76 Å². The van der Waals surface area contributed by atoms with Gasteiger partial charge in [-0.1, -0.05) is 36.4 Å². The van der Waals surface area contributed by atoms with Gasteiger partial charge in [0.2, 0.25) is 0 Å². The van der Waals surface area contributed by atoms with Gasteiger partial charge in [-0.2, -0.15) is 0 Å². The number of hydrogen-bond donors (Lipinski definition) is 2. The van der Waals surface area contributed by atoms with Gasteiger partial charge in [0.1, 0.15) is 11.5 Å². The van der Waals surface area contributed by atoms with Gasteiger partial charge < -0.3 is 14.9 Å². The molecule has 32 heavy (non-hydrogen) atoms. The molecule has 4 rings (SSSR count). The first-order valence-electron chi connectivity index (χ1n) is 9.76. The molecule has 0 bridgehead atoms. The second-order valence-electron chi connectivity index (χ2n) is 7.16. The lowest BCUT2D eigenvalue weighted by Gasteiger charge is -2.25. The number of methoxy groups -OCH3 is 1. The zero-order valence-electron chi connectivity index (χ0n) is 17.1. The predicted molar refractivity (Wildman–Crippen MR) is 118 cm³/mol. The number of nitrogens with zero attached hydrogens (tertiary/aromatic N) is 1. The second-order valence-corrected chi connectivity index (χ2v) is 7.16. The third-order valence-electron chi connectivity index (χ3n) is 5.29. The summed E-state index contributed by atoms with van der Waals surface area (Å²) in [4.78, 5) is 38.8. The number of amides is 1. The number of rotatable bonds is 5. The van der Waals surface area contributed by atoms with Crippen molar-refractivity contribution < 1.29 is 29.3 Å². The summed E-state index contributed by atoms with van der Waals surface area (Å²) in [7, 11) is 1.51. The van der Waals surface area contributed by atoms with Crippen LogP contribution in [-0.2, 0) is 9.59 Å². The van der Waals surface area contributed by atoms with E-state index < -0.39 is 23.7 Å².